The Morgan fingerprint density at radius 2 is 2.05 bits per heavy atom. The molecule has 5 heteroatoms. The molecule has 2 rings (SSSR count). The van der Waals surface area contributed by atoms with E-state index in [4.69, 9.17) is 12.2 Å². The summed E-state index contributed by atoms with van der Waals surface area (Å²) >= 11 is 0. The Bertz CT molecular complexity index is 344. The van der Waals surface area contributed by atoms with E-state index in [9.17, 15) is 4.79 Å². The maximum Gasteiger partial charge on any atom is 0.234 e. The van der Waals surface area contributed by atoms with Crippen molar-refractivity contribution in [2.75, 3.05) is 39.3 Å². The van der Waals surface area contributed by atoms with E-state index in [1.807, 2.05) is 0 Å². The molecule has 0 aromatic carbocycles. The highest BCUT2D eigenvalue weighted by atomic mass is 16.2. The lowest BCUT2D eigenvalue weighted by atomic mass is 10.0. The number of hydrogen-bond acceptors (Lipinski definition) is 4. The molecule has 3 N–H and O–H groups in total. The van der Waals surface area contributed by atoms with Crippen molar-refractivity contribution >= 4 is 5.91 Å². The first-order chi connectivity index (χ1) is 9.19. The van der Waals surface area contributed by atoms with Crippen LogP contribution in [-0.2, 0) is 4.79 Å². The van der Waals surface area contributed by atoms with E-state index >= 15 is 0 Å². The lowest BCUT2D eigenvalue weighted by Crippen LogP contribution is -2.46. The Morgan fingerprint density at radius 3 is 2.74 bits per heavy atom. The van der Waals surface area contributed by atoms with Gasteiger partial charge in [0.1, 0.15) is 0 Å². The van der Waals surface area contributed by atoms with Crippen molar-refractivity contribution in [3.63, 3.8) is 0 Å². The summed E-state index contributed by atoms with van der Waals surface area (Å²) in [5, 5.41) is 2.71. The summed E-state index contributed by atoms with van der Waals surface area (Å²) in [6.07, 6.45) is 8.46. The Kier molecular flexibility index (Phi) is 5.20. The van der Waals surface area contributed by atoms with E-state index in [0.29, 0.717) is 25.2 Å². The lowest BCUT2D eigenvalue weighted by Gasteiger charge is -2.34. The van der Waals surface area contributed by atoms with Crippen LogP contribution < -0.4 is 11.1 Å². The molecule has 1 amide bonds. The van der Waals surface area contributed by atoms with E-state index in [1.54, 1.807) is 0 Å². The average Bonchev–Trinajstić information content (AvgIpc) is 2.85. The van der Waals surface area contributed by atoms with Crippen LogP contribution in [0.1, 0.15) is 19.3 Å². The number of nitrogens with two attached hydrogens (primary N) is 1. The van der Waals surface area contributed by atoms with Crippen molar-refractivity contribution in [1.82, 2.24) is 15.1 Å². The van der Waals surface area contributed by atoms with Gasteiger partial charge in [-0.15, -0.1) is 6.42 Å². The molecule has 0 bridgehead atoms. The van der Waals surface area contributed by atoms with Gasteiger partial charge in [0.15, 0.2) is 0 Å². The molecule has 2 aliphatic heterocycles. The molecule has 106 valence electrons. The van der Waals surface area contributed by atoms with Crippen LogP contribution in [0, 0.1) is 12.3 Å². The second kappa shape index (κ2) is 6.90. The van der Waals surface area contributed by atoms with Crippen LogP contribution in [0.4, 0.5) is 0 Å². The zero-order valence-electron chi connectivity index (χ0n) is 11.5. The maximum absolute atomic E-state index is 11.6. The van der Waals surface area contributed by atoms with Crippen molar-refractivity contribution < 1.29 is 4.79 Å². The van der Waals surface area contributed by atoms with Gasteiger partial charge in [-0.2, -0.15) is 0 Å². The molecule has 5 nitrogen and oxygen atoms in total. The molecule has 0 saturated carbocycles. The highest BCUT2D eigenvalue weighted by Crippen LogP contribution is 2.19. The molecule has 0 aliphatic carbocycles. The molecule has 0 aromatic heterocycles. The molecule has 2 heterocycles. The number of likely N-dealkylation sites (tertiary alicyclic amines) is 2. The molecule has 19 heavy (non-hydrogen) atoms. The van der Waals surface area contributed by atoms with Gasteiger partial charge in [-0.25, -0.2) is 0 Å². The summed E-state index contributed by atoms with van der Waals surface area (Å²) in [5.41, 5.74) is 5.93. The summed E-state index contributed by atoms with van der Waals surface area (Å²) in [5.74, 6) is 2.44. The molecule has 2 fully saturated rings. The van der Waals surface area contributed by atoms with E-state index in [1.165, 1.54) is 0 Å². The van der Waals surface area contributed by atoms with Gasteiger partial charge in [-0.05, 0) is 32.4 Å². The first kappa shape index (κ1) is 14.3. The third kappa shape index (κ3) is 4.20. The SMILES string of the molecule is C#CCNC(=O)CN1CCC(N2CCC(N)CC2)C1. The van der Waals surface area contributed by atoms with Crippen molar-refractivity contribution in [2.45, 2.75) is 31.3 Å². The molecular formula is C14H24N4O. The number of terminal acetylenes is 1. The predicted octanol–water partition coefficient (Wildman–Crippen LogP) is -0.767. The van der Waals surface area contributed by atoms with Gasteiger partial charge in [-0.1, -0.05) is 5.92 Å². The average molecular weight is 264 g/mol. The minimum absolute atomic E-state index is 0.0271. The van der Waals surface area contributed by atoms with E-state index in [-0.39, 0.29) is 5.91 Å². The normalized spacial score (nSPS) is 26.2. The van der Waals surface area contributed by atoms with Crippen LogP contribution in [0.5, 0.6) is 0 Å². The van der Waals surface area contributed by atoms with E-state index in [0.717, 1.165) is 45.4 Å². The van der Waals surface area contributed by atoms with Crippen LogP contribution >= 0.6 is 0 Å². The molecule has 1 atom stereocenters. The van der Waals surface area contributed by atoms with Gasteiger partial charge in [0, 0.05) is 25.2 Å². The number of carbonyl (C=O) groups excluding carboxylic acids is 1. The Morgan fingerprint density at radius 1 is 1.32 bits per heavy atom. The zero-order chi connectivity index (χ0) is 13.7. The smallest absolute Gasteiger partial charge is 0.234 e. The molecule has 0 radical (unpaired) electrons. The number of carbonyl (C=O) groups is 1. The number of hydrogen-bond donors (Lipinski definition) is 2. The van der Waals surface area contributed by atoms with Gasteiger partial charge in [-0.3, -0.25) is 14.6 Å². The molecular weight excluding hydrogens is 240 g/mol. The first-order valence-electron chi connectivity index (χ1n) is 7.11. The topological polar surface area (TPSA) is 61.6 Å². The minimum Gasteiger partial charge on any atom is -0.344 e. The van der Waals surface area contributed by atoms with Crippen LogP contribution in [0.2, 0.25) is 0 Å². The highest BCUT2D eigenvalue weighted by molar-refractivity contribution is 5.78. The molecule has 1 unspecified atom stereocenters. The van der Waals surface area contributed by atoms with E-state index in [2.05, 4.69) is 21.0 Å². The maximum atomic E-state index is 11.6. The van der Waals surface area contributed by atoms with Gasteiger partial charge < -0.3 is 11.1 Å². The summed E-state index contributed by atoms with van der Waals surface area (Å²) in [6, 6.07) is 0.969. The molecule has 2 aliphatic rings. The van der Waals surface area contributed by atoms with Crippen LogP contribution in [0.3, 0.4) is 0 Å². The minimum atomic E-state index is 0.0271. The van der Waals surface area contributed by atoms with Crippen molar-refractivity contribution in [3.8, 4) is 12.3 Å². The number of piperidine rings is 1. The summed E-state index contributed by atoms with van der Waals surface area (Å²) < 4.78 is 0. The predicted molar refractivity (Wildman–Crippen MR) is 75.5 cm³/mol. The summed E-state index contributed by atoms with van der Waals surface area (Å²) in [4.78, 5) is 16.3. The van der Waals surface area contributed by atoms with Gasteiger partial charge >= 0.3 is 0 Å². The second-order valence-electron chi connectivity index (χ2n) is 5.53. The van der Waals surface area contributed by atoms with Crippen LogP contribution in [-0.4, -0.2) is 67.1 Å². The third-order valence-electron chi connectivity index (χ3n) is 4.09. The van der Waals surface area contributed by atoms with Gasteiger partial charge in [0.2, 0.25) is 5.91 Å². The number of nitrogens with one attached hydrogen (secondary N) is 1. The van der Waals surface area contributed by atoms with Crippen LogP contribution in [0.25, 0.3) is 0 Å². The Hall–Kier alpha value is -1.09. The Labute approximate surface area is 115 Å². The van der Waals surface area contributed by atoms with Crippen molar-refractivity contribution in [3.05, 3.63) is 0 Å². The zero-order valence-corrected chi connectivity index (χ0v) is 11.5. The third-order valence-corrected chi connectivity index (χ3v) is 4.09. The standard InChI is InChI=1S/C14H24N4O/c1-2-6-16-14(19)11-17-7-5-13(10-17)18-8-3-12(15)4-9-18/h1,12-13H,3-11,15H2,(H,16,19). The Balaban J connectivity index is 1.71. The highest BCUT2D eigenvalue weighted by Gasteiger charge is 2.30. The van der Waals surface area contributed by atoms with Crippen molar-refractivity contribution in [1.29, 1.82) is 0 Å². The lowest BCUT2D eigenvalue weighted by molar-refractivity contribution is -0.121. The van der Waals surface area contributed by atoms with Gasteiger partial charge in [0.25, 0.3) is 0 Å². The fraction of sp³-hybridized carbons (Fsp3) is 0.786. The van der Waals surface area contributed by atoms with Crippen LogP contribution in [0.15, 0.2) is 0 Å². The first-order valence-corrected chi connectivity index (χ1v) is 7.11. The summed E-state index contributed by atoms with van der Waals surface area (Å²) in [7, 11) is 0. The monoisotopic (exact) mass is 264 g/mol. The fourth-order valence-corrected chi connectivity index (χ4v) is 2.95. The second-order valence-corrected chi connectivity index (χ2v) is 5.53. The number of amides is 1. The molecule has 0 spiro atoms. The molecule has 0 aromatic rings. The quantitative estimate of drug-likeness (QED) is 0.655. The fourth-order valence-electron chi connectivity index (χ4n) is 2.95. The number of nitrogens with zero attached hydrogens (tertiary/aromatic N) is 2. The summed E-state index contributed by atoms with van der Waals surface area (Å²) in [6.45, 7) is 4.97. The largest absolute Gasteiger partial charge is 0.344 e. The van der Waals surface area contributed by atoms with Crippen molar-refractivity contribution in [2.24, 2.45) is 5.73 Å². The number of rotatable bonds is 4. The van der Waals surface area contributed by atoms with E-state index < -0.39 is 0 Å². The van der Waals surface area contributed by atoms with Gasteiger partial charge in [0.05, 0.1) is 13.1 Å². The molecule has 2 saturated heterocycles.